The molecule has 1 rings (SSSR count). The molecule has 0 aromatic rings. The van der Waals surface area contributed by atoms with E-state index in [9.17, 15) is 4.79 Å². The fourth-order valence-corrected chi connectivity index (χ4v) is 0.610. The topological polar surface area (TPSA) is 29.1 Å². The van der Waals surface area contributed by atoms with Crippen LogP contribution >= 0.6 is 0 Å². The number of rotatable bonds is 2. The third kappa shape index (κ3) is 2.18. The van der Waals surface area contributed by atoms with Crippen molar-refractivity contribution in [2.24, 2.45) is 5.92 Å². The molecule has 0 unspecified atom stereocenters. The second-order valence-corrected chi connectivity index (χ2v) is 2.30. The zero-order chi connectivity index (χ0) is 6.69. The van der Waals surface area contributed by atoms with E-state index in [0.717, 1.165) is 6.54 Å². The summed E-state index contributed by atoms with van der Waals surface area (Å²) in [6.45, 7) is 0.767. The maximum atomic E-state index is 10.4. The molecule has 48 valence electrons. The van der Waals surface area contributed by atoms with E-state index >= 15 is 0 Å². The van der Waals surface area contributed by atoms with Gasteiger partial charge in [0.05, 0.1) is 0 Å². The minimum Gasteiger partial charge on any atom is -0.345 e. The molecule has 0 spiro atoms. The Morgan fingerprint density at radius 1 is 1.78 bits per heavy atom. The molecule has 0 aliphatic heterocycles. The van der Waals surface area contributed by atoms with E-state index < -0.39 is 0 Å². The lowest BCUT2D eigenvalue weighted by Crippen LogP contribution is -2.23. The van der Waals surface area contributed by atoms with Crippen molar-refractivity contribution in [3.05, 3.63) is 0 Å². The molecule has 1 amide bonds. The normalized spacial score (nSPS) is 16.3. The minimum absolute atomic E-state index is 0.290. The number of hydrogen-bond acceptors (Lipinski definition) is 1. The number of nitrogens with one attached hydrogen (secondary N) is 1. The van der Waals surface area contributed by atoms with Crippen LogP contribution in [0.3, 0.4) is 0 Å². The van der Waals surface area contributed by atoms with E-state index in [4.69, 9.17) is 6.42 Å². The Morgan fingerprint density at radius 3 is 2.89 bits per heavy atom. The maximum absolute atomic E-state index is 10.4. The van der Waals surface area contributed by atoms with Crippen molar-refractivity contribution in [3.63, 3.8) is 0 Å². The summed E-state index contributed by atoms with van der Waals surface area (Å²) in [7, 11) is 0. The summed E-state index contributed by atoms with van der Waals surface area (Å²) in [6, 6.07) is 0. The summed E-state index contributed by atoms with van der Waals surface area (Å²) in [5.74, 6) is 2.42. The van der Waals surface area contributed by atoms with E-state index in [1.807, 2.05) is 5.92 Å². The van der Waals surface area contributed by atoms with Gasteiger partial charge in [-0.2, -0.15) is 0 Å². The van der Waals surface area contributed by atoms with Gasteiger partial charge in [-0.3, -0.25) is 4.79 Å². The van der Waals surface area contributed by atoms with Gasteiger partial charge in [-0.15, -0.1) is 6.42 Å². The van der Waals surface area contributed by atoms with E-state index in [-0.39, 0.29) is 5.91 Å². The lowest BCUT2D eigenvalue weighted by molar-refractivity contribution is -0.115. The molecule has 2 nitrogen and oxygen atoms in total. The molecule has 0 heterocycles. The highest BCUT2D eigenvalue weighted by atomic mass is 16.1. The van der Waals surface area contributed by atoms with Gasteiger partial charge < -0.3 is 5.32 Å². The standard InChI is InChI=1S/C7H9NO/c1-2-7(9)8-5-6-3-4-6/h1,6H,3-5H2,(H,8,9). The zero-order valence-electron chi connectivity index (χ0n) is 5.18. The predicted molar refractivity (Wildman–Crippen MR) is 34.6 cm³/mol. The molecule has 1 aliphatic rings. The molecular formula is C7H9NO. The van der Waals surface area contributed by atoms with Crippen LogP contribution in [0, 0.1) is 18.3 Å². The quantitative estimate of drug-likeness (QED) is 0.520. The Morgan fingerprint density at radius 2 is 2.44 bits per heavy atom. The van der Waals surface area contributed by atoms with Crippen LogP contribution in [0.2, 0.25) is 0 Å². The fraction of sp³-hybridized carbons (Fsp3) is 0.571. The van der Waals surface area contributed by atoms with Crippen LogP contribution in [0.5, 0.6) is 0 Å². The van der Waals surface area contributed by atoms with Gasteiger partial charge in [-0.05, 0) is 24.7 Å². The van der Waals surface area contributed by atoms with E-state index in [1.54, 1.807) is 0 Å². The first-order valence-corrected chi connectivity index (χ1v) is 3.07. The number of amides is 1. The molecule has 0 aromatic heterocycles. The second-order valence-electron chi connectivity index (χ2n) is 2.30. The first-order chi connectivity index (χ1) is 4.33. The number of carbonyl (C=O) groups is 1. The largest absolute Gasteiger partial charge is 0.345 e. The predicted octanol–water partition coefficient (Wildman–Crippen LogP) is 0.146. The van der Waals surface area contributed by atoms with E-state index in [0.29, 0.717) is 5.92 Å². The molecular weight excluding hydrogens is 114 g/mol. The van der Waals surface area contributed by atoms with Gasteiger partial charge in [-0.1, -0.05) is 0 Å². The molecule has 2 heteroatoms. The van der Waals surface area contributed by atoms with Crippen LogP contribution in [0.25, 0.3) is 0 Å². The highest BCUT2D eigenvalue weighted by Gasteiger charge is 2.20. The van der Waals surface area contributed by atoms with Crippen molar-refractivity contribution < 1.29 is 4.79 Å². The maximum Gasteiger partial charge on any atom is 0.295 e. The monoisotopic (exact) mass is 123 g/mol. The van der Waals surface area contributed by atoms with Crippen molar-refractivity contribution >= 4 is 5.91 Å². The smallest absolute Gasteiger partial charge is 0.295 e. The van der Waals surface area contributed by atoms with Gasteiger partial charge >= 0.3 is 0 Å². The molecule has 0 atom stereocenters. The summed E-state index contributed by atoms with van der Waals surface area (Å²) in [6.07, 6.45) is 7.30. The summed E-state index contributed by atoms with van der Waals surface area (Å²) in [4.78, 5) is 10.4. The van der Waals surface area contributed by atoms with Crippen molar-refractivity contribution in [2.45, 2.75) is 12.8 Å². The van der Waals surface area contributed by atoms with Crippen LogP contribution in [-0.4, -0.2) is 12.5 Å². The SMILES string of the molecule is C#CC(=O)NCC1CC1. The second kappa shape index (κ2) is 2.54. The molecule has 0 saturated heterocycles. The van der Waals surface area contributed by atoms with Gasteiger partial charge in [0, 0.05) is 6.54 Å². The molecule has 1 fully saturated rings. The molecule has 0 aromatic carbocycles. The van der Waals surface area contributed by atoms with Crippen molar-refractivity contribution in [3.8, 4) is 12.3 Å². The third-order valence-electron chi connectivity index (χ3n) is 1.38. The molecule has 0 bridgehead atoms. The Bertz CT molecular complexity index is 153. The number of terminal acetylenes is 1. The molecule has 9 heavy (non-hydrogen) atoms. The fourth-order valence-electron chi connectivity index (χ4n) is 0.610. The lowest BCUT2D eigenvalue weighted by atomic mass is 10.4. The molecule has 0 radical (unpaired) electrons. The average Bonchev–Trinajstić information content (AvgIpc) is 2.65. The van der Waals surface area contributed by atoms with Gasteiger partial charge in [-0.25, -0.2) is 0 Å². The first-order valence-electron chi connectivity index (χ1n) is 3.07. The van der Waals surface area contributed by atoms with Crippen LogP contribution in [-0.2, 0) is 4.79 Å². The highest BCUT2D eigenvalue weighted by molar-refractivity contribution is 5.92. The lowest BCUT2D eigenvalue weighted by Gasteiger charge is -1.94. The van der Waals surface area contributed by atoms with Crippen molar-refractivity contribution in [2.75, 3.05) is 6.54 Å². The molecule has 1 aliphatic carbocycles. The van der Waals surface area contributed by atoms with Gasteiger partial charge in [0.15, 0.2) is 0 Å². The van der Waals surface area contributed by atoms with Crippen LogP contribution in [0.1, 0.15) is 12.8 Å². The Balaban J connectivity index is 2.04. The first kappa shape index (κ1) is 6.15. The van der Waals surface area contributed by atoms with Crippen molar-refractivity contribution in [1.29, 1.82) is 0 Å². The third-order valence-corrected chi connectivity index (χ3v) is 1.38. The zero-order valence-corrected chi connectivity index (χ0v) is 5.18. The van der Waals surface area contributed by atoms with Crippen LogP contribution in [0.15, 0.2) is 0 Å². The summed E-state index contributed by atoms with van der Waals surface area (Å²) >= 11 is 0. The van der Waals surface area contributed by atoms with E-state index in [1.165, 1.54) is 12.8 Å². The molecule has 1 saturated carbocycles. The summed E-state index contributed by atoms with van der Waals surface area (Å²) in [5.41, 5.74) is 0. The Labute approximate surface area is 54.6 Å². The minimum atomic E-state index is -0.290. The highest BCUT2D eigenvalue weighted by Crippen LogP contribution is 2.27. The van der Waals surface area contributed by atoms with Crippen LogP contribution in [0.4, 0.5) is 0 Å². The summed E-state index contributed by atoms with van der Waals surface area (Å²) in [5, 5.41) is 2.62. The van der Waals surface area contributed by atoms with Gasteiger partial charge in [0.2, 0.25) is 0 Å². The Hall–Kier alpha value is -0.970. The van der Waals surface area contributed by atoms with E-state index in [2.05, 4.69) is 5.32 Å². The van der Waals surface area contributed by atoms with Gasteiger partial charge in [0.1, 0.15) is 0 Å². The number of hydrogen-bond donors (Lipinski definition) is 1. The number of carbonyl (C=O) groups excluding carboxylic acids is 1. The van der Waals surface area contributed by atoms with Crippen molar-refractivity contribution in [1.82, 2.24) is 5.32 Å². The molecule has 1 N–H and O–H groups in total. The Kier molecular flexibility index (Phi) is 1.74. The van der Waals surface area contributed by atoms with Crippen LogP contribution < -0.4 is 5.32 Å². The average molecular weight is 123 g/mol. The summed E-state index contributed by atoms with van der Waals surface area (Å²) < 4.78 is 0. The van der Waals surface area contributed by atoms with Gasteiger partial charge in [0.25, 0.3) is 5.91 Å².